The molecule has 2 aromatic carbocycles. The van der Waals surface area contributed by atoms with Gasteiger partial charge in [-0.1, -0.05) is 245 Å². The zero-order valence-corrected chi connectivity index (χ0v) is 59.1. The van der Waals surface area contributed by atoms with Crippen molar-refractivity contribution >= 4 is 77.7 Å². The van der Waals surface area contributed by atoms with E-state index < -0.39 is 0 Å². The summed E-state index contributed by atoms with van der Waals surface area (Å²) in [5, 5.41) is 0. The number of amides is 2. The van der Waals surface area contributed by atoms with Gasteiger partial charge in [-0.15, -0.1) is 22.7 Å². The summed E-state index contributed by atoms with van der Waals surface area (Å²) in [5.41, 5.74) is 5.32. The number of fused-ring (bicyclic) bond motifs is 1. The van der Waals surface area contributed by atoms with Gasteiger partial charge >= 0.3 is 0 Å². The molecule has 0 fully saturated rings. The molecule has 10 heteroatoms. The Morgan fingerprint density at radius 1 is 0.360 bits per heavy atom. The van der Waals surface area contributed by atoms with E-state index in [1.54, 1.807) is 22.7 Å². The van der Waals surface area contributed by atoms with E-state index in [-0.39, 0.29) is 11.8 Å². The van der Waals surface area contributed by atoms with Crippen LogP contribution in [0.4, 0.5) is 0 Å². The van der Waals surface area contributed by atoms with E-state index in [0.717, 1.165) is 105 Å². The van der Waals surface area contributed by atoms with Crippen LogP contribution in [0.5, 0.6) is 11.5 Å². The number of halogens is 2. The van der Waals surface area contributed by atoms with E-state index >= 15 is 0 Å². The van der Waals surface area contributed by atoms with Crippen molar-refractivity contribution in [3.05, 3.63) is 112 Å². The van der Waals surface area contributed by atoms with Crippen molar-refractivity contribution in [2.45, 2.75) is 285 Å². The number of thiophene rings is 2. The molecule has 0 aliphatic carbocycles. The number of ether oxygens (including phenoxy) is 2. The van der Waals surface area contributed by atoms with Gasteiger partial charge in [0.05, 0.1) is 53.1 Å². The third-order valence-electron chi connectivity index (χ3n) is 18.2. The molecule has 6 rings (SSSR count). The molecular weight excluding hydrogens is 1230 g/mol. The Kier molecular flexibility index (Phi) is 36.4. The minimum Gasteiger partial charge on any atom is -0.493 e. The van der Waals surface area contributed by atoms with Crippen molar-refractivity contribution in [1.82, 2.24) is 9.80 Å². The summed E-state index contributed by atoms with van der Waals surface area (Å²) < 4.78 is 14.9. The monoisotopic (exact) mass is 1340 g/mol. The molecule has 0 radical (unpaired) electrons. The van der Waals surface area contributed by atoms with Gasteiger partial charge in [-0.25, -0.2) is 0 Å². The number of carbonyl (C=O) groups excluding carboxylic acids is 2. The maximum Gasteiger partial charge on any atom is 0.261 e. The highest BCUT2D eigenvalue weighted by Crippen LogP contribution is 2.49. The predicted octanol–water partition coefficient (Wildman–Crippen LogP) is 24.5. The fourth-order valence-electron chi connectivity index (χ4n) is 12.9. The molecule has 2 aliphatic rings. The summed E-state index contributed by atoms with van der Waals surface area (Å²) in [4.78, 5) is 35.6. The van der Waals surface area contributed by atoms with Gasteiger partial charge in [-0.2, -0.15) is 0 Å². The van der Waals surface area contributed by atoms with Crippen molar-refractivity contribution in [2.75, 3.05) is 26.3 Å². The second kappa shape index (κ2) is 43.5. The molecule has 2 atom stereocenters. The largest absolute Gasteiger partial charge is 0.493 e. The highest BCUT2D eigenvalue weighted by atomic mass is 79.9. The van der Waals surface area contributed by atoms with E-state index in [9.17, 15) is 9.59 Å². The van der Waals surface area contributed by atoms with Crippen LogP contribution in [0.15, 0.2) is 91.5 Å². The van der Waals surface area contributed by atoms with Crippen LogP contribution >= 0.6 is 54.5 Å². The molecule has 2 aromatic heterocycles. The highest BCUT2D eigenvalue weighted by Gasteiger charge is 2.49. The SMILES string of the molecule is CCCCCCCCCCC(CCCCCCCC)COc1ccc(CCCCCN2C(=O)C3=C(c4ccc(Br)s4)N(CCCCCc4ccc(OCC(CCCCCCCC)CCCCCCCCCC)cc4)C(=O)C3=C2c2ccc(Br)s2)cc1. The summed E-state index contributed by atoms with van der Waals surface area (Å²) in [6, 6.07) is 25.8. The molecule has 0 spiro atoms. The van der Waals surface area contributed by atoms with Crippen molar-refractivity contribution in [3.63, 3.8) is 0 Å². The lowest BCUT2D eigenvalue weighted by Crippen LogP contribution is -2.30. The molecule has 6 nitrogen and oxygen atoms in total. The van der Waals surface area contributed by atoms with Crippen molar-refractivity contribution < 1.29 is 19.1 Å². The Morgan fingerprint density at radius 3 is 0.942 bits per heavy atom. The van der Waals surface area contributed by atoms with Crippen LogP contribution in [0.1, 0.15) is 293 Å². The van der Waals surface area contributed by atoms with Crippen LogP contribution in [-0.2, 0) is 22.4 Å². The quantitative estimate of drug-likeness (QED) is 0.0414. The lowest BCUT2D eigenvalue weighted by atomic mass is 9.94. The molecule has 0 N–H and O–H groups in total. The minimum atomic E-state index is -0.0539. The Balaban J connectivity index is 0.976. The zero-order valence-electron chi connectivity index (χ0n) is 54.3. The average molecular weight is 1340 g/mol. The summed E-state index contributed by atoms with van der Waals surface area (Å²) in [6.45, 7) is 12.0. The minimum absolute atomic E-state index is 0.0539. The standard InChI is InChI=1S/C76H114Br2N2O4S2/c1-5-9-13-17-21-23-27-33-43-63(41-31-25-19-15-11-7-3)59-83-65-49-45-61(46-50-65)39-35-29-37-57-79-73(67-53-55-69(77)85-67)71-72(75(79)81)74(68-54-56-70(78)86-68)80(76(71)82)58-38-30-36-40-62-47-51-66(52-48-62)84-60-64(42-32-26-20-16-12-8-4)44-34-28-24-22-18-14-10-6-2/h45-56,63-64H,5-44,57-60H2,1-4H3. The topological polar surface area (TPSA) is 59.1 Å². The van der Waals surface area contributed by atoms with Gasteiger partial charge in [0.25, 0.3) is 11.8 Å². The Bertz CT molecular complexity index is 2360. The molecule has 0 bridgehead atoms. The fourth-order valence-corrected chi connectivity index (χ4v) is 15.8. The first-order valence-corrected chi connectivity index (χ1v) is 38.5. The first kappa shape index (κ1) is 71.9. The van der Waals surface area contributed by atoms with Crippen LogP contribution in [0.25, 0.3) is 11.4 Å². The molecule has 478 valence electrons. The van der Waals surface area contributed by atoms with Gasteiger partial charge in [0, 0.05) is 13.1 Å². The van der Waals surface area contributed by atoms with E-state index in [4.69, 9.17) is 9.47 Å². The first-order chi connectivity index (χ1) is 42.2. The van der Waals surface area contributed by atoms with Gasteiger partial charge in [0.2, 0.25) is 0 Å². The van der Waals surface area contributed by atoms with Gasteiger partial charge < -0.3 is 19.3 Å². The van der Waals surface area contributed by atoms with Crippen LogP contribution in [0, 0.1) is 11.8 Å². The Hall–Kier alpha value is -3.18. The predicted molar refractivity (Wildman–Crippen MR) is 378 cm³/mol. The maximum absolute atomic E-state index is 14.9. The number of hydrogen-bond acceptors (Lipinski definition) is 6. The number of rotatable bonds is 52. The maximum atomic E-state index is 14.9. The van der Waals surface area contributed by atoms with E-state index in [1.807, 2.05) is 21.9 Å². The van der Waals surface area contributed by atoms with Gasteiger partial charge in [0.15, 0.2) is 0 Å². The Labute approximate surface area is 549 Å². The molecule has 2 amide bonds. The van der Waals surface area contributed by atoms with E-state index in [1.165, 1.54) is 217 Å². The number of benzene rings is 2. The molecule has 2 aliphatic heterocycles. The number of unbranched alkanes of at least 4 members (excludes halogenated alkanes) is 28. The molecule has 86 heavy (non-hydrogen) atoms. The van der Waals surface area contributed by atoms with Gasteiger partial charge in [-0.05, 0) is 168 Å². The molecular formula is C76H114Br2N2O4S2. The summed E-state index contributed by atoms with van der Waals surface area (Å²) >= 11 is 10.6. The van der Waals surface area contributed by atoms with Crippen LogP contribution in [-0.4, -0.2) is 47.9 Å². The first-order valence-electron chi connectivity index (χ1n) is 35.3. The molecule has 0 saturated heterocycles. The second-order valence-electron chi connectivity index (χ2n) is 25.5. The Morgan fingerprint density at radius 2 is 0.651 bits per heavy atom. The highest BCUT2D eigenvalue weighted by molar-refractivity contribution is 9.11. The fraction of sp³-hybridized carbons (Fsp3) is 0.658. The van der Waals surface area contributed by atoms with E-state index in [0.29, 0.717) is 36.1 Å². The number of hydrogen-bond donors (Lipinski definition) is 0. The zero-order chi connectivity index (χ0) is 60.8. The van der Waals surface area contributed by atoms with E-state index in [2.05, 4.69) is 120 Å². The molecule has 4 aromatic rings. The number of nitrogens with zero attached hydrogens (tertiary/aromatic N) is 2. The number of carbonyl (C=O) groups is 2. The smallest absolute Gasteiger partial charge is 0.261 e. The van der Waals surface area contributed by atoms with Crippen molar-refractivity contribution in [3.8, 4) is 11.5 Å². The normalized spacial score (nSPS) is 14.2. The molecule has 4 heterocycles. The lowest BCUT2D eigenvalue weighted by Gasteiger charge is -2.24. The summed E-state index contributed by atoms with van der Waals surface area (Å²) in [6.07, 6.45) is 50.8. The van der Waals surface area contributed by atoms with Crippen molar-refractivity contribution in [1.29, 1.82) is 0 Å². The third-order valence-corrected chi connectivity index (χ3v) is 21.4. The number of aryl methyl sites for hydroxylation is 2. The second-order valence-corrected chi connectivity index (χ2v) is 30.4. The molecule has 0 saturated carbocycles. The summed E-state index contributed by atoms with van der Waals surface area (Å²) in [5.74, 6) is 3.12. The average Bonchev–Trinajstić information content (AvgIpc) is 1.57. The van der Waals surface area contributed by atoms with Crippen LogP contribution in [0.3, 0.4) is 0 Å². The van der Waals surface area contributed by atoms with Crippen LogP contribution < -0.4 is 9.47 Å². The van der Waals surface area contributed by atoms with Gasteiger partial charge in [-0.3, -0.25) is 9.59 Å². The lowest BCUT2D eigenvalue weighted by molar-refractivity contribution is -0.124. The summed E-state index contributed by atoms with van der Waals surface area (Å²) in [7, 11) is 0. The third kappa shape index (κ3) is 26.0. The van der Waals surface area contributed by atoms with Gasteiger partial charge in [0.1, 0.15) is 11.5 Å². The molecule has 2 unspecified atom stereocenters. The van der Waals surface area contributed by atoms with Crippen molar-refractivity contribution in [2.24, 2.45) is 11.8 Å². The van der Waals surface area contributed by atoms with Crippen LogP contribution in [0.2, 0.25) is 0 Å².